The van der Waals surface area contributed by atoms with Gasteiger partial charge in [-0.1, -0.05) is 19.4 Å². The number of carbonyl (C=O) groups is 3. The van der Waals surface area contributed by atoms with E-state index in [2.05, 4.69) is 16.7 Å². The molecule has 2 heterocycles. The quantitative estimate of drug-likeness (QED) is 0.525. The van der Waals surface area contributed by atoms with E-state index >= 15 is 0 Å². The summed E-state index contributed by atoms with van der Waals surface area (Å²) in [5.41, 5.74) is 2.14. The van der Waals surface area contributed by atoms with Gasteiger partial charge in [0.1, 0.15) is 11.1 Å². The Morgan fingerprint density at radius 2 is 2.09 bits per heavy atom. The van der Waals surface area contributed by atoms with Gasteiger partial charge in [0.05, 0.1) is 17.4 Å². The van der Waals surface area contributed by atoms with Crippen molar-refractivity contribution in [1.29, 1.82) is 5.26 Å². The van der Waals surface area contributed by atoms with E-state index in [1.165, 1.54) is 30.0 Å². The maximum absolute atomic E-state index is 12.9. The molecular weight excluding hydrogens is 456 g/mol. The highest BCUT2D eigenvalue weighted by Crippen LogP contribution is 2.37. The molecule has 174 valence electrons. The van der Waals surface area contributed by atoms with E-state index in [1.807, 2.05) is 38.1 Å². The minimum atomic E-state index is -0.407. The Morgan fingerprint density at radius 1 is 1.30 bits per heavy atom. The van der Waals surface area contributed by atoms with Gasteiger partial charge in [0, 0.05) is 35.3 Å². The number of amides is 3. The fourth-order valence-corrected chi connectivity index (χ4v) is 5.70. The lowest BCUT2D eigenvalue weighted by molar-refractivity contribution is -0.129. The van der Waals surface area contributed by atoms with Gasteiger partial charge in [-0.3, -0.25) is 14.4 Å². The molecule has 1 unspecified atom stereocenters. The van der Waals surface area contributed by atoms with Crippen LogP contribution in [0.25, 0.3) is 0 Å². The van der Waals surface area contributed by atoms with E-state index in [-0.39, 0.29) is 17.7 Å². The van der Waals surface area contributed by atoms with Crippen LogP contribution in [0.5, 0.6) is 0 Å². The zero-order valence-corrected chi connectivity index (χ0v) is 20.7. The second kappa shape index (κ2) is 11.3. The van der Waals surface area contributed by atoms with Crippen LogP contribution in [-0.2, 0) is 27.3 Å². The highest BCUT2D eigenvalue weighted by Gasteiger charge is 2.27. The Hall–Kier alpha value is -2.83. The van der Waals surface area contributed by atoms with Crippen molar-refractivity contribution in [2.24, 2.45) is 0 Å². The summed E-state index contributed by atoms with van der Waals surface area (Å²) in [6, 6.07) is 9.67. The number of thioether (sulfide) groups is 1. The first-order chi connectivity index (χ1) is 15.8. The fraction of sp³-hybridized carbons (Fsp3) is 0.417. The summed E-state index contributed by atoms with van der Waals surface area (Å²) in [7, 11) is 0. The highest BCUT2D eigenvalue weighted by atomic mass is 32.2. The van der Waals surface area contributed by atoms with E-state index in [9.17, 15) is 19.6 Å². The van der Waals surface area contributed by atoms with Crippen LogP contribution in [0.3, 0.4) is 0 Å². The number of hydrogen-bond donors (Lipinski definition) is 2. The van der Waals surface area contributed by atoms with Crippen molar-refractivity contribution in [3.63, 3.8) is 0 Å². The minimum absolute atomic E-state index is 0.00643. The third-order valence-electron chi connectivity index (χ3n) is 5.41. The van der Waals surface area contributed by atoms with Crippen molar-refractivity contribution in [2.75, 3.05) is 17.2 Å². The molecule has 1 aliphatic heterocycles. The molecule has 0 saturated heterocycles. The Balaban J connectivity index is 1.65. The molecule has 2 aromatic rings. The first-order valence-electron chi connectivity index (χ1n) is 11.0. The second-order valence-corrected chi connectivity index (χ2v) is 10.5. The first kappa shape index (κ1) is 24.8. The Labute approximate surface area is 202 Å². The summed E-state index contributed by atoms with van der Waals surface area (Å²) in [6.45, 7) is 6.45. The largest absolute Gasteiger partial charge is 0.337 e. The molecule has 1 aromatic carbocycles. The van der Waals surface area contributed by atoms with E-state index in [0.717, 1.165) is 28.2 Å². The lowest BCUT2D eigenvalue weighted by atomic mass is 10.0. The summed E-state index contributed by atoms with van der Waals surface area (Å²) >= 11 is 2.76. The lowest BCUT2D eigenvalue weighted by Crippen LogP contribution is -2.33. The third kappa shape index (κ3) is 6.36. The summed E-state index contributed by atoms with van der Waals surface area (Å²) in [5.74, 6) is -0.207. The molecule has 1 atom stereocenters. The molecule has 0 radical (unpaired) electrons. The van der Waals surface area contributed by atoms with Gasteiger partial charge in [-0.25, -0.2) is 0 Å². The molecule has 0 spiro atoms. The summed E-state index contributed by atoms with van der Waals surface area (Å²) < 4.78 is 0. The minimum Gasteiger partial charge on any atom is -0.337 e. The number of nitrogens with one attached hydrogen (secondary N) is 2. The van der Waals surface area contributed by atoms with Crippen LogP contribution in [0.15, 0.2) is 29.2 Å². The van der Waals surface area contributed by atoms with Crippen LogP contribution in [0.1, 0.15) is 56.0 Å². The van der Waals surface area contributed by atoms with Crippen molar-refractivity contribution in [3.8, 4) is 6.07 Å². The van der Waals surface area contributed by atoms with E-state index < -0.39 is 5.25 Å². The van der Waals surface area contributed by atoms with Crippen LogP contribution in [0, 0.1) is 11.3 Å². The van der Waals surface area contributed by atoms with Crippen molar-refractivity contribution in [2.45, 2.75) is 63.1 Å². The number of rotatable bonds is 8. The van der Waals surface area contributed by atoms with Crippen molar-refractivity contribution in [3.05, 3.63) is 40.3 Å². The number of thiophene rings is 1. The average molecular weight is 485 g/mol. The van der Waals surface area contributed by atoms with Gasteiger partial charge < -0.3 is 15.5 Å². The summed E-state index contributed by atoms with van der Waals surface area (Å²) in [6.07, 6.45) is 2.92. The lowest BCUT2D eigenvalue weighted by Gasteiger charge is -2.25. The molecule has 33 heavy (non-hydrogen) atoms. The number of fused-ring (bicyclic) bond motifs is 1. The fourth-order valence-electron chi connectivity index (χ4n) is 3.56. The van der Waals surface area contributed by atoms with Crippen LogP contribution >= 0.6 is 23.1 Å². The Kier molecular flexibility index (Phi) is 8.53. The normalized spacial score (nSPS) is 13.6. The average Bonchev–Trinajstić information content (AvgIpc) is 3.13. The van der Waals surface area contributed by atoms with Gasteiger partial charge >= 0.3 is 0 Å². The number of hydrogen-bond acceptors (Lipinski definition) is 6. The van der Waals surface area contributed by atoms with E-state index in [4.69, 9.17) is 0 Å². The molecule has 9 heteroatoms. The monoisotopic (exact) mass is 484 g/mol. The maximum Gasteiger partial charge on any atom is 0.238 e. The van der Waals surface area contributed by atoms with Gasteiger partial charge in [0.15, 0.2) is 0 Å². The topological polar surface area (TPSA) is 102 Å². The number of unbranched alkanes of at least 4 members (excludes halogenated alkanes) is 1. The van der Waals surface area contributed by atoms with Crippen LogP contribution in [0.2, 0.25) is 0 Å². The predicted molar refractivity (Wildman–Crippen MR) is 132 cm³/mol. The Morgan fingerprint density at radius 3 is 2.79 bits per heavy atom. The molecule has 3 amide bonds. The van der Waals surface area contributed by atoms with Gasteiger partial charge in [-0.15, -0.1) is 23.1 Å². The highest BCUT2D eigenvalue weighted by molar-refractivity contribution is 8.00. The number of anilines is 2. The summed E-state index contributed by atoms with van der Waals surface area (Å²) in [4.78, 5) is 40.2. The second-order valence-electron chi connectivity index (χ2n) is 7.94. The van der Waals surface area contributed by atoms with Crippen LogP contribution in [0.4, 0.5) is 10.7 Å². The van der Waals surface area contributed by atoms with Crippen molar-refractivity contribution < 1.29 is 14.4 Å². The Bertz CT molecular complexity index is 1090. The summed E-state index contributed by atoms with van der Waals surface area (Å²) in [5, 5.41) is 15.6. The molecule has 1 aromatic heterocycles. The van der Waals surface area contributed by atoms with Gasteiger partial charge in [0.25, 0.3) is 0 Å². The third-order valence-corrected chi connectivity index (χ3v) is 7.63. The standard InChI is InChI=1S/C24H28N4O3S2/c1-4-5-9-22(30)26-17-7-6-8-18(12-17)32-15(2)23(31)27-24-20(13-25)19-10-11-28(16(3)29)14-21(19)33-24/h6-8,12,15H,4-5,9-11,14H2,1-3H3,(H,26,30)(H,27,31). The number of carbonyl (C=O) groups excluding carboxylic acids is 3. The number of nitrogens with zero attached hydrogens (tertiary/aromatic N) is 2. The molecule has 0 aliphatic carbocycles. The molecule has 0 saturated carbocycles. The van der Waals surface area contributed by atoms with Crippen molar-refractivity contribution >= 4 is 51.5 Å². The van der Waals surface area contributed by atoms with Crippen LogP contribution in [-0.4, -0.2) is 34.4 Å². The SMILES string of the molecule is CCCCC(=O)Nc1cccc(SC(C)C(=O)Nc2sc3c(c2C#N)CCN(C(C)=O)C3)c1. The molecular formula is C24H28N4O3S2. The predicted octanol–water partition coefficient (Wildman–Crippen LogP) is 4.77. The van der Waals surface area contributed by atoms with Crippen molar-refractivity contribution in [1.82, 2.24) is 4.90 Å². The van der Waals surface area contributed by atoms with Crippen LogP contribution < -0.4 is 10.6 Å². The maximum atomic E-state index is 12.9. The van der Waals surface area contributed by atoms with Gasteiger partial charge in [0.2, 0.25) is 17.7 Å². The molecule has 3 rings (SSSR count). The van der Waals surface area contributed by atoms with E-state index in [1.54, 1.807) is 4.90 Å². The van der Waals surface area contributed by atoms with E-state index in [0.29, 0.717) is 42.2 Å². The number of nitriles is 1. The smallest absolute Gasteiger partial charge is 0.238 e. The molecule has 0 bridgehead atoms. The molecule has 2 N–H and O–H groups in total. The molecule has 1 aliphatic rings. The zero-order chi connectivity index (χ0) is 24.0. The first-order valence-corrected chi connectivity index (χ1v) is 12.7. The van der Waals surface area contributed by atoms with Gasteiger partial charge in [-0.05, 0) is 43.5 Å². The number of benzene rings is 1. The molecule has 7 nitrogen and oxygen atoms in total. The zero-order valence-electron chi connectivity index (χ0n) is 19.1. The molecule has 0 fully saturated rings. The van der Waals surface area contributed by atoms with Gasteiger partial charge in [-0.2, -0.15) is 5.26 Å².